The second-order valence-corrected chi connectivity index (χ2v) is 12.5. The molecule has 2 bridgehead atoms. The van der Waals surface area contributed by atoms with Gasteiger partial charge in [0, 0.05) is 17.1 Å². The van der Waals surface area contributed by atoms with E-state index in [-0.39, 0.29) is 57.1 Å². The lowest BCUT2D eigenvalue weighted by Crippen LogP contribution is -2.45. The van der Waals surface area contributed by atoms with E-state index in [1.54, 1.807) is 12.1 Å². The van der Waals surface area contributed by atoms with Gasteiger partial charge in [0.1, 0.15) is 11.6 Å². The predicted octanol–water partition coefficient (Wildman–Crippen LogP) is 5.60. The number of hydrogen-bond acceptors (Lipinski definition) is 5. The molecule has 3 saturated carbocycles. The normalized spacial score (nSPS) is 22.8. The molecule has 3 aliphatic carbocycles. The molecule has 3 heterocycles. The number of carbonyl (C=O) groups is 1. The molecule has 0 unspecified atom stereocenters. The highest BCUT2D eigenvalue weighted by molar-refractivity contribution is 7.90. The van der Waals surface area contributed by atoms with Crippen LogP contribution >= 0.6 is 0 Å². The Hall–Kier alpha value is -3.66. The van der Waals surface area contributed by atoms with Crippen LogP contribution in [0.4, 0.5) is 8.78 Å². The molecule has 7 nitrogen and oxygen atoms in total. The van der Waals surface area contributed by atoms with Crippen molar-refractivity contribution in [1.82, 2.24) is 13.9 Å². The second kappa shape index (κ2) is 9.51. The molecule has 202 valence electrons. The predicted molar refractivity (Wildman–Crippen MR) is 140 cm³/mol. The molecule has 10 heteroatoms. The number of hydrogen-bond donors (Lipinski definition) is 1. The molecule has 3 aromatic heterocycles. The second-order valence-electron chi connectivity index (χ2n) is 10.7. The van der Waals surface area contributed by atoms with E-state index in [9.17, 15) is 22.7 Å². The molecule has 1 N–H and O–H groups in total. The fourth-order valence-corrected chi connectivity index (χ4v) is 7.84. The summed E-state index contributed by atoms with van der Waals surface area (Å²) in [6, 6.07) is 10.2. The third-order valence-electron chi connectivity index (χ3n) is 8.46. The zero-order chi connectivity index (χ0) is 27.5. The Bertz CT molecular complexity index is 1690. The quantitative estimate of drug-likeness (QED) is 0.335. The van der Waals surface area contributed by atoms with Crippen LogP contribution in [0.25, 0.3) is 22.3 Å². The Morgan fingerprint density at radius 1 is 1.05 bits per heavy atom. The number of aliphatic carboxylic acids is 1. The number of carboxylic acids is 1. The molecule has 3 fully saturated rings. The van der Waals surface area contributed by atoms with E-state index in [0.717, 1.165) is 41.4 Å². The van der Waals surface area contributed by atoms with Crippen LogP contribution in [-0.2, 0) is 21.2 Å². The number of aromatic nitrogens is 3. The number of carboxylic acid groups (broad SMARTS) is 1. The Labute approximate surface area is 224 Å². The third kappa shape index (κ3) is 4.40. The summed E-state index contributed by atoms with van der Waals surface area (Å²) in [6.07, 6.45) is 6.05. The van der Waals surface area contributed by atoms with Gasteiger partial charge in [-0.05, 0) is 87.1 Å². The fraction of sp³-hybridized carbons (Fsp3) is 0.345. The Balaban J connectivity index is 1.44. The van der Waals surface area contributed by atoms with Crippen LogP contribution < -0.4 is 0 Å². The number of aryl methyl sites for hydroxylation is 1. The van der Waals surface area contributed by atoms with Crippen molar-refractivity contribution >= 4 is 27.0 Å². The monoisotopic (exact) mass is 551 g/mol. The maximum atomic E-state index is 15.1. The molecule has 7 rings (SSSR count). The smallest absolute Gasteiger partial charge is 0.307 e. The highest BCUT2D eigenvalue weighted by atomic mass is 32.2. The Morgan fingerprint density at radius 2 is 1.74 bits per heavy atom. The molecule has 0 aliphatic heterocycles. The summed E-state index contributed by atoms with van der Waals surface area (Å²) < 4.78 is 57.4. The summed E-state index contributed by atoms with van der Waals surface area (Å²) in [7, 11) is -4.08. The molecule has 0 saturated heterocycles. The maximum Gasteiger partial charge on any atom is 0.307 e. The zero-order valence-electron chi connectivity index (χ0n) is 21.2. The minimum absolute atomic E-state index is 0.0233. The van der Waals surface area contributed by atoms with Gasteiger partial charge in [0.15, 0.2) is 5.65 Å². The lowest BCUT2D eigenvalue weighted by molar-refractivity contribution is -0.152. The van der Waals surface area contributed by atoms with Gasteiger partial charge in [0.2, 0.25) is 0 Å². The molecule has 0 radical (unpaired) electrons. The number of fused-ring (bicyclic) bond motifs is 4. The van der Waals surface area contributed by atoms with Crippen LogP contribution in [0.5, 0.6) is 0 Å². The summed E-state index contributed by atoms with van der Waals surface area (Å²) in [6.45, 7) is 1.85. The average molecular weight is 552 g/mol. The lowest BCUT2D eigenvalue weighted by atomic mass is 9.57. The van der Waals surface area contributed by atoms with Crippen molar-refractivity contribution in [1.29, 1.82) is 0 Å². The van der Waals surface area contributed by atoms with E-state index >= 15 is 4.39 Å². The minimum atomic E-state index is -4.08. The minimum Gasteiger partial charge on any atom is -0.481 e. The zero-order valence-corrected chi connectivity index (χ0v) is 22.0. The van der Waals surface area contributed by atoms with Gasteiger partial charge in [0.25, 0.3) is 10.0 Å². The third-order valence-corrected chi connectivity index (χ3v) is 10.1. The van der Waals surface area contributed by atoms with Gasteiger partial charge >= 0.3 is 5.97 Å². The first kappa shape index (κ1) is 25.6. The van der Waals surface area contributed by atoms with E-state index in [0.29, 0.717) is 0 Å². The Morgan fingerprint density at radius 3 is 2.44 bits per heavy atom. The first-order chi connectivity index (χ1) is 18.6. The van der Waals surface area contributed by atoms with Crippen LogP contribution in [0.1, 0.15) is 36.9 Å². The van der Waals surface area contributed by atoms with E-state index in [1.807, 2.05) is 6.92 Å². The van der Waals surface area contributed by atoms with Gasteiger partial charge in [-0.2, -0.15) is 0 Å². The first-order valence-electron chi connectivity index (χ1n) is 13.0. The summed E-state index contributed by atoms with van der Waals surface area (Å²) in [5.41, 5.74) is 1.59. The largest absolute Gasteiger partial charge is 0.481 e. The fourth-order valence-electron chi connectivity index (χ4n) is 6.52. The molecular weight excluding hydrogens is 524 g/mol. The molecule has 0 amide bonds. The standard InChI is InChI=1S/C29H27F2N3O4S/c1-16-2-8-20(9-3-16)39(37,38)34-15-23(22-12-19(30)14-32-28(22)34)25-11-10-24(31)26(33-25)13-21-17-4-6-18(7-5-17)27(21)29(35)36/h2-3,8-12,14-15,17-18,21,27H,4-7,13H2,1H3,(H,35,36)/t17?,18?,21-,27-/m0/s1. The van der Waals surface area contributed by atoms with Crippen molar-refractivity contribution in [2.24, 2.45) is 23.7 Å². The average Bonchev–Trinajstić information content (AvgIpc) is 3.30. The molecule has 3 aliphatic rings. The Kier molecular flexibility index (Phi) is 6.25. The van der Waals surface area contributed by atoms with Gasteiger partial charge in [-0.15, -0.1) is 0 Å². The first-order valence-corrected chi connectivity index (χ1v) is 14.4. The summed E-state index contributed by atoms with van der Waals surface area (Å²) in [4.78, 5) is 20.8. The molecule has 39 heavy (non-hydrogen) atoms. The van der Waals surface area contributed by atoms with E-state index in [1.165, 1.54) is 36.5 Å². The van der Waals surface area contributed by atoms with Crippen molar-refractivity contribution in [2.45, 2.75) is 43.9 Å². The van der Waals surface area contributed by atoms with Crippen LogP contribution in [0.2, 0.25) is 0 Å². The lowest BCUT2D eigenvalue weighted by Gasteiger charge is -2.46. The maximum absolute atomic E-state index is 15.1. The van der Waals surface area contributed by atoms with E-state index in [4.69, 9.17) is 0 Å². The van der Waals surface area contributed by atoms with Crippen molar-refractivity contribution < 1.29 is 27.1 Å². The van der Waals surface area contributed by atoms with Crippen LogP contribution in [-0.4, -0.2) is 33.4 Å². The highest BCUT2D eigenvalue weighted by Gasteiger charge is 2.47. The van der Waals surface area contributed by atoms with Gasteiger partial charge < -0.3 is 5.11 Å². The van der Waals surface area contributed by atoms with E-state index < -0.39 is 33.5 Å². The van der Waals surface area contributed by atoms with Crippen LogP contribution in [0.15, 0.2) is 59.8 Å². The summed E-state index contributed by atoms with van der Waals surface area (Å²) in [5, 5.41) is 10.1. The van der Waals surface area contributed by atoms with Gasteiger partial charge in [-0.3, -0.25) is 4.79 Å². The summed E-state index contributed by atoms with van der Waals surface area (Å²) >= 11 is 0. The molecule has 2 atom stereocenters. The molecule has 0 spiro atoms. The van der Waals surface area contributed by atoms with Crippen LogP contribution in [0.3, 0.4) is 0 Å². The molecule has 1 aromatic carbocycles. The summed E-state index contributed by atoms with van der Waals surface area (Å²) in [5.74, 6) is -2.54. The van der Waals surface area contributed by atoms with Gasteiger partial charge in [0.05, 0.1) is 28.4 Å². The molecular formula is C29H27F2N3O4S. The SMILES string of the molecule is Cc1ccc(S(=O)(=O)n2cc(-c3ccc(F)c(C[C@H]4C5CCC(CC5)[C@@H]4C(=O)O)n3)c3cc(F)cnc32)cc1. The molecule has 4 aromatic rings. The number of benzene rings is 1. The van der Waals surface area contributed by atoms with E-state index in [2.05, 4.69) is 9.97 Å². The van der Waals surface area contributed by atoms with Crippen LogP contribution in [0, 0.1) is 42.2 Å². The van der Waals surface area contributed by atoms with Gasteiger partial charge in [-0.25, -0.2) is 31.1 Å². The number of halogens is 2. The highest BCUT2D eigenvalue weighted by Crippen LogP contribution is 2.50. The van der Waals surface area contributed by atoms with Gasteiger partial charge in [-0.1, -0.05) is 17.7 Å². The van der Waals surface area contributed by atoms with Crippen molar-refractivity contribution in [3.63, 3.8) is 0 Å². The van der Waals surface area contributed by atoms with Crippen molar-refractivity contribution in [3.8, 4) is 11.3 Å². The number of nitrogens with zero attached hydrogens (tertiary/aromatic N) is 3. The topological polar surface area (TPSA) is 102 Å². The number of pyridine rings is 2. The van der Waals surface area contributed by atoms with Crippen molar-refractivity contribution in [3.05, 3.63) is 77.8 Å². The number of rotatable bonds is 6. The van der Waals surface area contributed by atoms with Crippen molar-refractivity contribution in [2.75, 3.05) is 0 Å².